The van der Waals surface area contributed by atoms with Crippen molar-refractivity contribution >= 4 is 12.1 Å². The van der Waals surface area contributed by atoms with E-state index in [0.29, 0.717) is 12.8 Å². The molecule has 1 aromatic rings. The van der Waals surface area contributed by atoms with Crippen molar-refractivity contribution < 1.29 is 14.8 Å². The third-order valence-corrected chi connectivity index (χ3v) is 9.26. The predicted molar refractivity (Wildman–Crippen MR) is 168 cm³/mol. The van der Waals surface area contributed by atoms with Gasteiger partial charge in [0.2, 0.25) is 0 Å². The van der Waals surface area contributed by atoms with Crippen LogP contribution in [0.15, 0.2) is 24.3 Å². The highest BCUT2D eigenvalue weighted by Gasteiger charge is 2.46. The summed E-state index contributed by atoms with van der Waals surface area (Å²) in [4.78, 5) is 26.3. The highest BCUT2D eigenvalue weighted by Crippen LogP contribution is 2.37. The van der Waals surface area contributed by atoms with Crippen LogP contribution in [0.25, 0.3) is 0 Å². The fourth-order valence-electron chi connectivity index (χ4n) is 7.22. The average molecular weight is 588 g/mol. The molecule has 10 heteroatoms. The Morgan fingerprint density at radius 2 is 1.07 bits per heavy atom. The van der Waals surface area contributed by atoms with Gasteiger partial charge in [-0.3, -0.25) is 5.84 Å². The molecule has 0 spiro atoms. The number of hydrazine groups is 1. The number of benzene rings is 1. The number of nitrogens with one attached hydrogen (secondary N) is 4. The number of hydroxylamine groups is 2. The number of nitrogens with two attached hydrogens (primary N) is 1. The predicted octanol–water partition coefficient (Wildman–Crippen LogP) is 5.06. The molecule has 2 aliphatic rings. The Labute approximate surface area is 253 Å². The number of nitrogens with zero attached hydrogens (tertiary/aromatic N) is 2. The standard InChI is InChI=1S/C32H57N7O3/c1-27(2)17-23(18-28(3,4)38(27)33)34-25(40)36-31(9,10)21-14-13-15-22(16-21)32(11,12)37-26(41)35-24-19-29(5,6)39(42)30(7,8)20-24/h13-16,23-24,42H,17-20,33H2,1-12H3,(H2,34,36,40)(H2,35,37,41). The molecule has 0 aliphatic carbocycles. The molecule has 2 fully saturated rings. The molecule has 238 valence electrons. The van der Waals surface area contributed by atoms with E-state index in [2.05, 4.69) is 49.0 Å². The summed E-state index contributed by atoms with van der Waals surface area (Å²) >= 11 is 0. The molecule has 0 bridgehead atoms. The monoisotopic (exact) mass is 587 g/mol. The van der Waals surface area contributed by atoms with E-state index in [1.807, 2.05) is 84.7 Å². The van der Waals surface area contributed by atoms with Crippen LogP contribution in [-0.2, 0) is 11.1 Å². The van der Waals surface area contributed by atoms with E-state index in [0.717, 1.165) is 24.0 Å². The molecule has 1 aromatic carbocycles. The quantitative estimate of drug-likeness (QED) is 0.258. The summed E-state index contributed by atoms with van der Waals surface area (Å²) in [6, 6.07) is 7.43. The van der Waals surface area contributed by atoms with Gasteiger partial charge >= 0.3 is 12.1 Å². The zero-order valence-electron chi connectivity index (χ0n) is 28.0. The molecule has 3 rings (SSSR count). The Kier molecular flexibility index (Phi) is 9.14. The van der Waals surface area contributed by atoms with E-state index in [-0.39, 0.29) is 35.2 Å². The number of hydrogen-bond donors (Lipinski definition) is 6. The zero-order valence-corrected chi connectivity index (χ0v) is 28.0. The second kappa shape index (κ2) is 11.3. The van der Waals surface area contributed by atoms with Gasteiger partial charge in [0.1, 0.15) is 0 Å². The summed E-state index contributed by atoms with van der Waals surface area (Å²) < 4.78 is 0. The fraction of sp³-hybridized carbons (Fsp3) is 0.750. The van der Waals surface area contributed by atoms with Gasteiger partial charge in [0.25, 0.3) is 0 Å². The third-order valence-electron chi connectivity index (χ3n) is 9.26. The van der Waals surface area contributed by atoms with Crippen molar-refractivity contribution in [1.82, 2.24) is 31.3 Å². The molecular weight excluding hydrogens is 530 g/mol. The molecule has 2 saturated heterocycles. The summed E-state index contributed by atoms with van der Waals surface area (Å²) in [6.07, 6.45) is 2.79. The van der Waals surface area contributed by atoms with Crippen LogP contribution in [0.1, 0.15) is 120 Å². The summed E-state index contributed by atoms with van der Waals surface area (Å²) in [6.45, 7) is 24.2. The first-order chi connectivity index (χ1) is 18.9. The van der Waals surface area contributed by atoms with E-state index < -0.39 is 22.2 Å². The lowest BCUT2D eigenvalue weighted by atomic mass is 9.78. The summed E-state index contributed by atoms with van der Waals surface area (Å²) in [5, 5.41) is 26.5. The van der Waals surface area contributed by atoms with Crippen LogP contribution < -0.4 is 27.1 Å². The Balaban J connectivity index is 1.66. The maximum Gasteiger partial charge on any atom is 0.315 e. The molecule has 0 radical (unpaired) electrons. The summed E-state index contributed by atoms with van der Waals surface area (Å²) in [5.41, 5.74) is -0.863. The van der Waals surface area contributed by atoms with E-state index in [4.69, 9.17) is 5.84 Å². The molecule has 0 aromatic heterocycles. The van der Waals surface area contributed by atoms with Crippen LogP contribution in [0.3, 0.4) is 0 Å². The second-order valence-electron chi connectivity index (χ2n) is 16.2. The average Bonchev–Trinajstić information content (AvgIpc) is 2.79. The van der Waals surface area contributed by atoms with Gasteiger partial charge in [0.15, 0.2) is 0 Å². The minimum absolute atomic E-state index is 0.000606. The maximum absolute atomic E-state index is 13.2. The topological polar surface area (TPSA) is 135 Å². The van der Waals surface area contributed by atoms with Crippen LogP contribution in [0.2, 0.25) is 0 Å². The van der Waals surface area contributed by atoms with Crippen LogP contribution in [0, 0.1) is 0 Å². The smallest absolute Gasteiger partial charge is 0.315 e. The Morgan fingerprint density at radius 3 is 1.43 bits per heavy atom. The fourth-order valence-corrected chi connectivity index (χ4v) is 7.22. The molecule has 10 nitrogen and oxygen atoms in total. The van der Waals surface area contributed by atoms with Gasteiger partial charge in [0.05, 0.1) is 11.1 Å². The molecule has 42 heavy (non-hydrogen) atoms. The number of hydrogen-bond acceptors (Lipinski definition) is 6. The number of rotatable bonds is 6. The van der Waals surface area contributed by atoms with E-state index in [1.54, 1.807) is 0 Å². The lowest BCUT2D eigenvalue weighted by molar-refractivity contribution is -0.245. The molecule has 0 atom stereocenters. The lowest BCUT2D eigenvalue weighted by Crippen LogP contribution is -2.67. The van der Waals surface area contributed by atoms with Gasteiger partial charge in [-0.15, -0.1) is 0 Å². The van der Waals surface area contributed by atoms with Crippen molar-refractivity contribution in [2.24, 2.45) is 5.84 Å². The van der Waals surface area contributed by atoms with Crippen LogP contribution >= 0.6 is 0 Å². The first-order valence-corrected chi connectivity index (χ1v) is 15.2. The van der Waals surface area contributed by atoms with Crippen LogP contribution in [0.4, 0.5) is 9.59 Å². The number of amides is 4. The van der Waals surface area contributed by atoms with Crippen molar-refractivity contribution in [3.8, 4) is 0 Å². The zero-order chi connectivity index (χ0) is 32.1. The normalized spacial score (nSPS) is 23.2. The van der Waals surface area contributed by atoms with E-state index in [1.165, 1.54) is 5.06 Å². The highest BCUT2D eigenvalue weighted by atomic mass is 16.5. The maximum atomic E-state index is 13.2. The van der Waals surface area contributed by atoms with Gasteiger partial charge in [-0.25, -0.2) is 14.6 Å². The van der Waals surface area contributed by atoms with Crippen molar-refractivity contribution in [3.05, 3.63) is 35.4 Å². The Morgan fingerprint density at radius 1 is 0.738 bits per heavy atom. The first kappa shape index (κ1) is 34.1. The Bertz CT molecular complexity index is 1040. The van der Waals surface area contributed by atoms with Gasteiger partial charge in [0, 0.05) is 34.2 Å². The number of urea groups is 2. The third kappa shape index (κ3) is 7.56. The Hall–Kier alpha value is -2.40. The molecule has 2 heterocycles. The summed E-state index contributed by atoms with van der Waals surface area (Å²) in [7, 11) is 0. The van der Waals surface area contributed by atoms with Crippen molar-refractivity contribution in [3.63, 3.8) is 0 Å². The minimum Gasteiger partial charge on any atom is -0.335 e. The van der Waals surface area contributed by atoms with E-state index >= 15 is 0 Å². The van der Waals surface area contributed by atoms with Gasteiger partial charge in [-0.05, 0) is 120 Å². The van der Waals surface area contributed by atoms with Crippen molar-refractivity contribution in [1.29, 1.82) is 0 Å². The molecule has 4 amide bonds. The van der Waals surface area contributed by atoms with Crippen LogP contribution in [-0.4, -0.2) is 61.6 Å². The number of carbonyl (C=O) groups is 2. The van der Waals surface area contributed by atoms with Gasteiger partial charge in [-0.1, -0.05) is 24.3 Å². The number of piperidine rings is 2. The largest absolute Gasteiger partial charge is 0.335 e. The summed E-state index contributed by atoms with van der Waals surface area (Å²) in [5.74, 6) is 6.38. The van der Waals surface area contributed by atoms with Crippen LogP contribution in [0.5, 0.6) is 0 Å². The van der Waals surface area contributed by atoms with E-state index in [9.17, 15) is 14.8 Å². The lowest BCUT2D eigenvalue weighted by Gasteiger charge is -2.52. The first-order valence-electron chi connectivity index (χ1n) is 15.2. The number of carbonyl (C=O) groups excluding carboxylic acids is 2. The minimum atomic E-state index is -0.672. The van der Waals surface area contributed by atoms with Crippen molar-refractivity contribution in [2.45, 2.75) is 154 Å². The SMILES string of the molecule is CC(C)(NC(=O)NC1CC(C)(C)N(N)C(C)(C)C1)c1cccc(C(C)(C)NC(=O)NC2CC(C)(C)N(O)C(C)(C)C2)c1. The van der Waals surface area contributed by atoms with Gasteiger partial charge < -0.3 is 26.5 Å². The molecule has 2 aliphatic heterocycles. The van der Waals surface area contributed by atoms with Crippen molar-refractivity contribution in [2.75, 3.05) is 0 Å². The van der Waals surface area contributed by atoms with Gasteiger partial charge in [-0.2, -0.15) is 5.06 Å². The molecular formula is C32H57N7O3. The molecule has 7 N–H and O–H groups in total. The molecule has 0 unspecified atom stereocenters. The molecule has 0 saturated carbocycles. The highest BCUT2D eigenvalue weighted by molar-refractivity contribution is 5.76. The second-order valence-corrected chi connectivity index (χ2v) is 16.2.